The molecule has 8 bridgehead atoms. The normalized spacial score (nSPS) is 35.9. The summed E-state index contributed by atoms with van der Waals surface area (Å²) < 4.78 is 208. The standard InChI is InChI=1S/C104H154F6O24/c1-61-39-45-81(127-97(115)101(121-21,103(105,106)107)73-31-25-23-26-32-73)53-75-35-29-37-77(125-75)57-85(119-19)67(7)88-60-90(134-100(15,16)132-88)70(10)96(72(12)94(114)64(4)44-48-80-56-84(118-18)52-66(6)124-80)130-92(112)50-42-62(2)40-46-82(128-98(116)102(122-22,104(108,109)110)74-33-27-24-28-34-74)54-76-36-30-38-78(126-76)58-86(120-20)68(8)87-59-89(133-99(13,14)131-87)69(9)95(129-91(111)49-41-61)71(11)93(113)63(3)43-47-79-55-83(117-17)51-65(5)123-79/h23-36,39-42,49-50,63-72,75-90,93-96,113-114H,37-38,43-48,51-60H2,1-22H3/b49-41+,50-42+,61-39+,62-40+/t63-,64-,65-,66-,67+,68+,69-,70-,71-,72-,75-,76+,77-,78-,79-,80-,81-,82-,83+,84+,85-,86-,87-,88-,89+,90+,93-,94-,95-,96-,101-,102-/m0/s1. The summed E-state index contributed by atoms with van der Waals surface area (Å²) in [5.41, 5.74) is -7.21. The second-order valence-electron chi connectivity index (χ2n) is 39.7. The first-order valence-electron chi connectivity index (χ1n) is 48.2. The molecule has 4 saturated heterocycles. The van der Waals surface area contributed by atoms with Gasteiger partial charge in [-0.15, -0.1) is 0 Å². The third-order valence-electron chi connectivity index (χ3n) is 28.7. The highest BCUT2D eigenvalue weighted by atomic mass is 19.4. The molecule has 0 unspecified atom stereocenters. The van der Waals surface area contributed by atoms with Crippen molar-refractivity contribution in [3.8, 4) is 0 Å². The zero-order valence-electron chi connectivity index (χ0n) is 82.7. The third-order valence-corrected chi connectivity index (χ3v) is 28.7. The van der Waals surface area contributed by atoms with Crippen molar-refractivity contribution in [3.05, 3.63) is 144 Å². The lowest BCUT2D eigenvalue weighted by molar-refractivity contribution is -0.324. The molecule has 0 spiro atoms. The van der Waals surface area contributed by atoms with Crippen LogP contribution in [0.4, 0.5) is 26.3 Å². The highest BCUT2D eigenvalue weighted by Gasteiger charge is 2.66. The molecule has 7 heterocycles. The summed E-state index contributed by atoms with van der Waals surface area (Å²) in [5.74, 6) is -11.6. The largest absolute Gasteiger partial charge is 0.459 e. The number of methoxy groups -OCH3 is 6. The number of rotatable bonds is 24. The maximum Gasteiger partial charge on any atom is 0.432 e. The second-order valence-corrected chi connectivity index (χ2v) is 39.7. The Balaban J connectivity index is 1.08. The molecule has 2 aromatic rings. The van der Waals surface area contributed by atoms with Gasteiger partial charge in [-0.2, -0.15) is 26.3 Å². The van der Waals surface area contributed by atoms with Crippen LogP contribution in [-0.4, -0.2) is 235 Å². The molecular weight excluding hydrogens is 1750 g/mol. The first-order valence-corrected chi connectivity index (χ1v) is 48.2. The summed E-state index contributed by atoms with van der Waals surface area (Å²) in [6.07, 6.45) is -1.33. The molecule has 0 amide bonds. The van der Waals surface area contributed by atoms with E-state index in [4.69, 9.17) is 85.3 Å². The molecular formula is C104H154F6O24. The van der Waals surface area contributed by atoms with Gasteiger partial charge in [0.15, 0.2) is 11.6 Å². The van der Waals surface area contributed by atoms with Crippen LogP contribution in [0.5, 0.6) is 0 Å². The fourth-order valence-electron chi connectivity index (χ4n) is 20.8. The molecule has 0 radical (unpaired) electrons. The number of fused-ring (bicyclic) bond motifs is 8. The van der Waals surface area contributed by atoms with Crippen LogP contribution in [0, 0.1) is 47.3 Å². The van der Waals surface area contributed by atoms with E-state index in [1.807, 2.05) is 81.4 Å². The van der Waals surface area contributed by atoms with Gasteiger partial charge in [-0.1, -0.05) is 176 Å². The predicted octanol–water partition coefficient (Wildman–Crippen LogP) is 19.0. The number of aliphatic hydroxyl groups excluding tert-OH is 2. The molecule has 30 heteroatoms. The Hall–Kier alpha value is -6.30. The van der Waals surface area contributed by atoms with Gasteiger partial charge in [0, 0.05) is 153 Å². The van der Waals surface area contributed by atoms with Crippen molar-refractivity contribution < 1.29 is 141 Å². The lowest BCUT2D eigenvalue weighted by Gasteiger charge is -2.47. The molecule has 2 N–H and O–H groups in total. The van der Waals surface area contributed by atoms with Crippen LogP contribution in [0.3, 0.4) is 0 Å². The number of allylic oxidation sites excluding steroid dienone is 4. The predicted molar refractivity (Wildman–Crippen MR) is 491 cm³/mol. The smallest absolute Gasteiger partial charge is 0.432 e. The van der Waals surface area contributed by atoms with Gasteiger partial charge < -0.3 is 95.5 Å². The van der Waals surface area contributed by atoms with Crippen LogP contribution >= 0.6 is 0 Å². The number of ether oxygens (including phenoxy) is 18. The van der Waals surface area contributed by atoms with E-state index in [2.05, 4.69) is 0 Å². The fourth-order valence-corrected chi connectivity index (χ4v) is 20.8. The third kappa shape index (κ3) is 29.9. The van der Waals surface area contributed by atoms with Crippen LogP contribution in [0.15, 0.2) is 133 Å². The highest BCUT2D eigenvalue weighted by Crippen LogP contribution is 2.48. The number of alkyl halides is 6. The quantitative estimate of drug-likeness (QED) is 0.0428. The van der Waals surface area contributed by atoms with Crippen LogP contribution in [-0.2, 0) is 116 Å². The van der Waals surface area contributed by atoms with E-state index < -0.39 is 203 Å². The Morgan fingerprint density at radius 1 is 0.440 bits per heavy atom. The van der Waals surface area contributed by atoms with Crippen LogP contribution in [0.1, 0.15) is 237 Å². The summed E-state index contributed by atoms with van der Waals surface area (Å²) in [6, 6.07) is 13.1. The van der Waals surface area contributed by atoms with Gasteiger partial charge in [0.2, 0.25) is 0 Å². The first kappa shape index (κ1) is 111. The summed E-state index contributed by atoms with van der Waals surface area (Å²) in [6.45, 7) is 29.9. The average Bonchev–Trinajstić information content (AvgIpc) is 0.750. The Kier molecular flexibility index (Phi) is 41.7. The van der Waals surface area contributed by atoms with E-state index >= 15 is 26.3 Å². The molecule has 0 saturated carbocycles. The summed E-state index contributed by atoms with van der Waals surface area (Å²) in [4.78, 5) is 58.9. The monoisotopic (exact) mass is 1900 g/mol. The number of aliphatic hydroxyl groups is 2. The van der Waals surface area contributed by atoms with Crippen molar-refractivity contribution in [3.63, 3.8) is 0 Å². The Bertz CT molecular complexity index is 3900. The zero-order chi connectivity index (χ0) is 98.5. The van der Waals surface area contributed by atoms with E-state index in [-0.39, 0.29) is 99.8 Å². The lowest BCUT2D eigenvalue weighted by Crippen LogP contribution is -2.54. The van der Waals surface area contributed by atoms with Gasteiger partial charge >= 0.3 is 36.2 Å². The van der Waals surface area contributed by atoms with E-state index in [1.165, 1.54) is 60.7 Å². The molecule has 756 valence electrons. The van der Waals surface area contributed by atoms with Crippen molar-refractivity contribution in [2.24, 2.45) is 47.3 Å². The molecule has 7 aliphatic heterocycles. The minimum atomic E-state index is -5.31. The molecule has 7 aliphatic rings. The van der Waals surface area contributed by atoms with Crippen LogP contribution < -0.4 is 0 Å². The fraction of sp³-hybridized carbons (Fsp3) is 0.731. The van der Waals surface area contributed by atoms with Gasteiger partial charge in [0.05, 0.1) is 110 Å². The Labute approximate surface area is 790 Å². The molecule has 134 heavy (non-hydrogen) atoms. The van der Waals surface area contributed by atoms with Crippen molar-refractivity contribution in [2.45, 2.75) is 396 Å². The molecule has 0 aliphatic carbocycles. The van der Waals surface area contributed by atoms with E-state index in [0.29, 0.717) is 62.5 Å². The van der Waals surface area contributed by atoms with Gasteiger partial charge in [-0.05, 0) is 131 Å². The van der Waals surface area contributed by atoms with Crippen molar-refractivity contribution in [2.75, 3.05) is 42.7 Å². The molecule has 4 fully saturated rings. The SMILES string of the molecule is CO[C@H]1C[C@H](CC[C@H](C)[C@H](O)[C@H](C)[C@H]2OC(=O)/C=C/C(C)=C/C[C@H](OC(=O)[C@@](OC)(c3ccccc3)C(F)(F)F)C[C@@H]3C=CC[C@@H](C[C@H](OC)[C@@H](C)[C@@H]4C[C@@H](OC(C)(C)O4)[C@H](C)[C@@H]([C@@H](C)[C@@H](O)[C@@H](C)CC[C@H]4C[C@H](OC)C[C@H](C)O4)OC(=O)/C=C/C(C)=C/C[C@H](OC(=O)[C@@](OC)(c4ccccc4)C(F)(F)F)C[C@H]4C=CC[C@@H](C[C@H](OC)[C@@H](C)[C@@H]5C[C@@H](OC(C)(C)O5)[C@@H]2C)O4)O3)O[C@@H](C)C1. The Morgan fingerprint density at radius 3 is 1.10 bits per heavy atom. The topological polar surface area (TPSA) is 275 Å². The average molecular weight is 1900 g/mol. The number of hydrogen-bond donors (Lipinski definition) is 2. The second kappa shape index (κ2) is 50.2. The van der Waals surface area contributed by atoms with E-state index in [9.17, 15) is 29.4 Å². The molecule has 9 rings (SSSR count). The number of carbonyl (C=O) groups excluding carboxylic acids is 4. The van der Waals surface area contributed by atoms with Gasteiger partial charge in [-0.3, -0.25) is 0 Å². The molecule has 32 atom stereocenters. The van der Waals surface area contributed by atoms with Gasteiger partial charge in [0.1, 0.15) is 24.4 Å². The number of benzene rings is 2. The molecule has 2 aromatic carbocycles. The number of esters is 4. The lowest BCUT2D eigenvalue weighted by atomic mass is 9.78. The number of cyclic esters (lactones) is 2. The van der Waals surface area contributed by atoms with Crippen molar-refractivity contribution >= 4 is 23.9 Å². The van der Waals surface area contributed by atoms with Crippen molar-refractivity contribution in [1.29, 1.82) is 0 Å². The van der Waals surface area contributed by atoms with Crippen LogP contribution in [0.25, 0.3) is 0 Å². The van der Waals surface area contributed by atoms with E-state index in [0.717, 1.165) is 51.3 Å². The van der Waals surface area contributed by atoms with Gasteiger partial charge in [0.25, 0.3) is 11.2 Å². The van der Waals surface area contributed by atoms with Crippen LogP contribution in [0.2, 0.25) is 0 Å². The van der Waals surface area contributed by atoms with E-state index in [1.54, 1.807) is 94.3 Å². The molecule has 24 nitrogen and oxygen atoms in total. The number of halogens is 6. The Morgan fingerprint density at radius 2 is 0.784 bits per heavy atom. The maximum absolute atomic E-state index is 15.7. The highest BCUT2D eigenvalue weighted by molar-refractivity contribution is 5.84. The minimum Gasteiger partial charge on any atom is -0.459 e. The molecule has 0 aromatic heterocycles. The number of hydrogen-bond acceptors (Lipinski definition) is 24. The summed E-state index contributed by atoms with van der Waals surface area (Å²) in [5, 5.41) is 25.1. The first-order chi connectivity index (χ1) is 63.2. The summed E-state index contributed by atoms with van der Waals surface area (Å²) in [7, 11) is 8.13. The summed E-state index contributed by atoms with van der Waals surface area (Å²) >= 11 is 0. The number of carbonyl (C=O) groups is 4. The zero-order valence-corrected chi connectivity index (χ0v) is 82.7. The van der Waals surface area contributed by atoms with Gasteiger partial charge in [-0.25, -0.2) is 19.2 Å². The van der Waals surface area contributed by atoms with Crippen molar-refractivity contribution in [1.82, 2.24) is 0 Å². The minimum absolute atomic E-state index is 0.0195. The maximum atomic E-state index is 15.7.